The van der Waals surface area contributed by atoms with Gasteiger partial charge in [-0.3, -0.25) is 19.7 Å². The van der Waals surface area contributed by atoms with Gasteiger partial charge in [0.2, 0.25) is 5.91 Å². The highest BCUT2D eigenvalue weighted by Gasteiger charge is 2.26. The SMILES string of the molecule is CCn1c(SCC(=O)Nc2ccccc2F)nnc1[C@@H](NC(=O)c1cccc([N+](=O)[O-])c1)C(C)C. The van der Waals surface area contributed by atoms with Crippen molar-refractivity contribution in [3.8, 4) is 0 Å². The number of nitro benzene ring substituents is 1. The van der Waals surface area contributed by atoms with Crippen LogP contribution in [0.25, 0.3) is 0 Å². The van der Waals surface area contributed by atoms with Gasteiger partial charge in [0.15, 0.2) is 11.0 Å². The van der Waals surface area contributed by atoms with Gasteiger partial charge in [0.1, 0.15) is 5.82 Å². The summed E-state index contributed by atoms with van der Waals surface area (Å²) in [4.78, 5) is 35.6. The van der Waals surface area contributed by atoms with Crippen LogP contribution < -0.4 is 10.6 Å². The largest absolute Gasteiger partial charge is 0.342 e. The van der Waals surface area contributed by atoms with E-state index in [9.17, 15) is 24.1 Å². The van der Waals surface area contributed by atoms with Crippen molar-refractivity contribution in [3.05, 3.63) is 75.9 Å². The van der Waals surface area contributed by atoms with Crippen LogP contribution in [0.15, 0.2) is 53.7 Å². The highest BCUT2D eigenvalue weighted by molar-refractivity contribution is 7.99. The van der Waals surface area contributed by atoms with Gasteiger partial charge in [-0.15, -0.1) is 10.2 Å². The molecule has 0 bridgehead atoms. The molecule has 0 spiro atoms. The fourth-order valence-electron chi connectivity index (χ4n) is 3.33. The van der Waals surface area contributed by atoms with Gasteiger partial charge in [-0.1, -0.05) is 43.8 Å². The number of carbonyl (C=O) groups excluding carboxylic acids is 2. The van der Waals surface area contributed by atoms with E-state index >= 15 is 0 Å². The number of para-hydroxylation sites is 1. The smallest absolute Gasteiger partial charge is 0.270 e. The third kappa shape index (κ3) is 6.41. The van der Waals surface area contributed by atoms with Crippen molar-refractivity contribution in [2.45, 2.75) is 38.5 Å². The van der Waals surface area contributed by atoms with E-state index in [2.05, 4.69) is 20.8 Å². The lowest BCUT2D eigenvalue weighted by atomic mass is 10.0. The van der Waals surface area contributed by atoms with Gasteiger partial charge in [-0.2, -0.15) is 0 Å². The third-order valence-electron chi connectivity index (χ3n) is 5.09. The number of nitro groups is 1. The third-order valence-corrected chi connectivity index (χ3v) is 6.06. The maximum absolute atomic E-state index is 13.8. The Morgan fingerprint density at radius 1 is 1.17 bits per heavy atom. The second-order valence-corrected chi connectivity index (χ2v) is 8.85. The number of nitrogens with zero attached hydrogens (tertiary/aromatic N) is 4. The zero-order valence-electron chi connectivity index (χ0n) is 19.4. The normalized spacial score (nSPS) is 11.8. The van der Waals surface area contributed by atoms with Crippen LogP contribution in [0.2, 0.25) is 0 Å². The van der Waals surface area contributed by atoms with Gasteiger partial charge >= 0.3 is 0 Å². The first-order chi connectivity index (χ1) is 16.7. The Labute approximate surface area is 205 Å². The zero-order chi connectivity index (χ0) is 25.5. The number of thioether (sulfide) groups is 1. The predicted octanol–water partition coefficient (Wildman–Crippen LogP) is 4.20. The summed E-state index contributed by atoms with van der Waals surface area (Å²) in [6.07, 6.45) is 0. The zero-order valence-corrected chi connectivity index (χ0v) is 20.2. The maximum atomic E-state index is 13.8. The topological polar surface area (TPSA) is 132 Å². The lowest BCUT2D eigenvalue weighted by molar-refractivity contribution is -0.384. The van der Waals surface area contributed by atoms with Crippen LogP contribution in [0, 0.1) is 21.8 Å². The van der Waals surface area contributed by atoms with Gasteiger partial charge in [0, 0.05) is 24.2 Å². The summed E-state index contributed by atoms with van der Waals surface area (Å²) >= 11 is 1.14. The molecule has 10 nitrogen and oxygen atoms in total. The van der Waals surface area contributed by atoms with Crippen molar-refractivity contribution in [1.82, 2.24) is 20.1 Å². The number of rotatable bonds is 10. The molecular weight excluding hydrogens is 475 g/mol. The summed E-state index contributed by atoms with van der Waals surface area (Å²) in [6, 6.07) is 10.8. The molecule has 1 atom stereocenters. The molecule has 1 aromatic heterocycles. The van der Waals surface area contributed by atoms with E-state index in [1.807, 2.05) is 20.8 Å². The van der Waals surface area contributed by atoms with E-state index in [-0.39, 0.29) is 28.6 Å². The highest BCUT2D eigenvalue weighted by Crippen LogP contribution is 2.26. The van der Waals surface area contributed by atoms with Gasteiger partial charge in [0.25, 0.3) is 11.6 Å². The molecule has 1 heterocycles. The second kappa shape index (κ2) is 11.6. The Hall–Kier alpha value is -3.80. The summed E-state index contributed by atoms with van der Waals surface area (Å²) in [5.41, 5.74) is 0.0779. The first-order valence-electron chi connectivity index (χ1n) is 10.9. The number of aromatic nitrogens is 3. The number of benzene rings is 2. The molecule has 0 fully saturated rings. The van der Waals surface area contributed by atoms with Gasteiger partial charge in [0.05, 0.1) is 22.4 Å². The Bertz CT molecular complexity index is 1230. The molecule has 3 rings (SSSR count). The fourth-order valence-corrected chi connectivity index (χ4v) is 4.14. The predicted molar refractivity (Wildman–Crippen MR) is 130 cm³/mol. The number of hydrogen-bond acceptors (Lipinski definition) is 7. The maximum Gasteiger partial charge on any atom is 0.270 e. The molecule has 2 N–H and O–H groups in total. The minimum Gasteiger partial charge on any atom is -0.342 e. The van der Waals surface area contributed by atoms with E-state index in [1.165, 1.54) is 42.5 Å². The van der Waals surface area contributed by atoms with Crippen molar-refractivity contribution >= 4 is 35.0 Å². The molecule has 2 amide bonds. The average molecular weight is 501 g/mol. The quantitative estimate of drug-likeness (QED) is 0.242. The van der Waals surface area contributed by atoms with Crippen LogP contribution in [0.3, 0.4) is 0 Å². The number of anilines is 1. The lowest BCUT2D eigenvalue weighted by Gasteiger charge is -2.22. The molecule has 0 unspecified atom stereocenters. The van der Waals surface area contributed by atoms with E-state index in [0.717, 1.165) is 11.8 Å². The van der Waals surface area contributed by atoms with Crippen molar-refractivity contribution < 1.29 is 18.9 Å². The molecule has 0 radical (unpaired) electrons. The molecule has 2 aromatic carbocycles. The summed E-state index contributed by atoms with van der Waals surface area (Å²) in [7, 11) is 0. The number of nitrogens with one attached hydrogen (secondary N) is 2. The molecule has 0 aliphatic heterocycles. The highest BCUT2D eigenvalue weighted by atomic mass is 32.2. The van der Waals surface area contributed by atoms with Crippen molar-refractivity contribution in [2.75, 3.05) is 11.1 Å². The van der Waals surface area contributed by atoms with Gasteiger partial charge in [-0.05, 0) is 31.0 Å². The fraction of sp³-hybridized carbons (Fsp3) is 0.304. The van der Waals surface area contributed by atoms with Crippen LogP contribution in [0.4, 0.5) is 15.8 Å². The summed E-state index contributed by atoms with van der Waals surface area (Å²) in [5.74, 6) is -0.987. The van der Waals surface area contributed by atoms with Crippen molar-refractivity contribution in [3.63, 3.8) is 0 Å². The van der Waals surface area contributed by atoms with Crippen LogP contribution in [0.1, 0.15) is 43.0 Å². The second-order valence-electron chi connectivity index (χ2n) is 7.90. The Morgan fingerprint density at radius 3 is 2.57 bits per heavy atom. The molecule has 0 saturated carbocycles. The van der Waals surface area contributed by atoms with E-state index < -0.39 is 28.6 Å². The van der Waals surface area contributed by atoms with Crippen LogP contribution >= 0.6 is 11.8 Å². The van der Waals surface area contributed by atoms with Crippen LogP contribution in [-0.2, 0) is 11.3 Å². The van der Waals surface area contributed by atoms with Crippen LogP contribution in [-0.4, -0.2) is 37.3 Å². The Morgan fingerprint density at radius 2 is 1.91 bits per heavy atom. The van der Waals surface area contributed by atoms with Crippen molar-refractivity contribution in [2.24, 2.45) is 5.92 Å². The van der Waals surface area contributed by atoms with Crippen LogP contribution in [0.5, 0.6) is 0 Å². The summed E-state index contributed by atoms with van der Waals surface area (Å²) in [5, 5.41) is 25.4. The minimum absolute atomic E-state index is 0.0150. The first-order valence-corrected chi connectivity index (χ1v) is 11.8. The monoisotopic (exact) mass is 500 g/mol. The lowest BCUT2D eigenvalue weighted by Crippen LogP contribution is -2.33. The Balaban J connectivity index is 1.74. The molecular formula is C23H25FN6O4S. The number of carbonyl (C=O) groups is 2. The van der Waals surface area contributed by atoms with E-state index in [4.69, 9.17) is 0 Å². The molecule has 12 heteroatoms. The molecule has 0 aliphatic rings. The summed E-state index contributed by atoms with van der Waals surface area (Å²) in [6.45, 7) is 6.18. The van der Waals surface area contributed by atoms with Gasteiger partial charge in [-0.25, -0.2) is 4.39 Å². The Kier molecular flexibility index (Phi) is 8.53. The number of non-ortho nitro benzene ring substituents is 1. The number of amides is 2. The van der Waals surface area contributed by atoms with E-state index in [0.29, 0.717) is 17.5 Å². The average Bonchev–Trinajstić information content (AvgIpc) is 3.24. The molecule has 0 aliphatic carbocycles. The van der Waals surface area contributed by atoms with Crippen molar-refractivity contribution in [1.29, 1.82) is 0 Å². The number of hydrogen-bond donors (Lipinski definition) is 2. The number of halogens is 1. The summed E-state index contributed by atoms with van der Waals surface area (Å²) < 4.78 is 15.6. The van der Waals surface area contributed by atoms with Gasteiger partial charge < -0.3 is 15.2 Å². The first kappa shape index (κ1) is 25.8. The minimum atomic E-state index is -0.559. The standard InChI is InChI=1S/C23H25FN6O4S/c1-4-29-21(20(14(2)3)26-22(32)15-8-7-9-16(12-15)30(33)34)27-28-23(29)35-13-19(31)25-18-11-6-5-10-17(18)24/h5-12,14,20H,4,13H2,1-3H3,(H,25,31)(H,26,32)/t20-/m0/s1. The molecule has 0 saturated heterocycles. The molecule has 184 valence electrons. The molecule has 3 aromatic rings. The molecule has 35 heavy (non-hydrogen) atoms. The van der Waals surface area contributed by atoms with E-state index in [1.54, 1.807) is 10.6 Å².